The van der Waals surface area contributed by atoms with Crippen LogP contribution in [0.2, 0.25) is 0 Å². The Morgan fingerprint density at radius 3 is 2.60 bits per heavy atom. The quantitative estimate of drug-likeness (QED) is 0.840. The van der Waals surface area contributed by atoms with Gasteiger partial charge in [0.05, 0.1) is 0 Å². The first-order chi connectivity index (χ1) is 9.43. The summed E-state index contributed by atoms with van der Waals surface area (Å²) in [6.45, 7) is 11.9. The number of benzene rings is 1. The van der Waals surface area contributed by atoms with Crippen LogP contribution in [0.5, 0.6) is 0 Å². The number of rotatable bonds is 2. The van der Waals surface area contributed by atoms with E-state index < -0.39 is 0 Å². The average Bonchev–Trinajstić information content (AvgIpc) is 2.42. The van der Waals surface area contributed by atoms with Crippen LogP contribution in [-0.4, -0.2) is 47.9 Å². The highest BCUT2D eigenvalue weighted by molar-refractivity contribution is 5.96. The van der Waals surface area contributed by atoms with Crippen molar-refractivity contribution in [3.05, 3.63) is 28.8 Å². The summed E-state index contributed by atoms with van der Waals surface area (Å²) in [7, 11) is 0. The maximum Gasteiger partial charge on any atom is 0.254 e. The van der Waals surface area contributed by atoms with Crippen molar-refractivity contribution in [2.75, 3.05) is 31.9 Å². The zero-order chi connectivity index (χ0) is 14.9. The van der Waals surface area contributed by atoms with E-state index in [9.17, 15) is 4.79 Å². The molecule has 4 heteroatoms. The molecule has 1 aromatic carbocycles. The molecule has 2 N–H and O–H groups in total. The summed E-state index contributed by atoms with van der Waals surface area (Å²) < 4.78 is 0. The average molecular weight is 275 g/mol. The molecule has 2 rings (SSSR count). The molecular formula is C16H25N3O. The number of carbonyl (C=O) groups is 1. The number of anilines is 1. The van der Waals surface area contributed by atoms with Gasteiger partial charge in [-0.1, -0.05) is 13.0 Å². The van der Waals surface area contributed by atoms with Crippen molar-refractivity contribution in [3.8, 4) is 0 Å². The Bertz CT molecular complexity index is 513. The van der Waals surface area contributed by atoms with E-state index in [1.807, 2.05) is 30.9 Å². The van der Waals surface area contributed by atoms with Gasteiger partial charge in [0.1, 0.15) is 0 Å². The normalized spacial score (nSPS) is 20.2. The van der Waals surface area contributed by atoms with Gasteiger partial charge in [0, 0.05) is 36.9 Å². The number of nitrogen functional groups attached to an aromatic ring is 1. The number of hydrogen-bond donors (Lipinski definition) is 1. The Kier molecular flexibility index (Phi) is 4.33. The van der Waals surface area contributed by atoms with Crippen molar-refractivity contribution < 1.29 is 4.79 Å². The van der Waals surface area contributed by atoms with Crippen molar-refractivity contribution in [2.24, 2.45) is 0 Å². The number of hydrogen-bond acceptors (Lipinski definition) is 3. The third-order valence-corrected chi connectivity index (χ3v) is 4.30. The van der Waals surface area contributed by atoms with E-state index in [1.165, 1.54) is 0 Å². The van der Waals surface area contributed by atoms with Crippen molar-refractivity contribution in [3.63, 3.8) is 0 Å². The Morgan fingerprint density at radius 1 is 1.30 bits per heavy atom. The molecule has 20 heavy (non-hydrogen) atoms. The maximum absolute atomic E-state index is 12.7. The molecule has 0 radical (unpaired) electrons. The molecule has 1 unspecified atom stereocenters. The topological polar surface area (TPSA) is 49.6 Å². The van der Waals surface area contributed by atoms with E-state index in [1.54, 1.807) is 0 Å². The fraction of sp³-hybridized carbons (Fsp3) is 0.562. The molecule has 4 nitrogen and oxygen atoms in total. The van der Waals surface area contributed by atoms with E-state index in [0.717, 1.165) is 42.9 Å². The second-order valence-corrected chi connectivity index (χ2v) is 5.75. The summed E-state index contributed by atoms with van der Waals surface area (Å²) in [6.07, 6.45) is 0. The number of aryl methyl sites for hydroxylation is 2. The molecule has 1 saturated heterocycles. The Morgan fingerprint density at radius 2 is 2.00 bits per heavy atom. The Hall–Kier alpha value is -1.55. The lowest BCUT2D eigenvalue weighted by molar-refractivity contribution is 0.0527. The summed E-state index contributed by atoms with van der Waals surface area (Å²) in [6, 6.07) is 4.24. The van der Waals surface area contributed by atoms with Crippen LogP contribution < -0.4 is 5.73 Å². The lowest BCUT2D eigenvalue weighted by atomic mass is 10.0. The minimum atomic E-state index is 0.108. The molecule has 1 aromatic rings. The van der Waals surface area contributed by atoms with Gasteiger partial charge in [-0.15, -0.1) is 0 Å². The van der Waals surface area contributed by atoms with Crippen molar-refractivity contribution in [2.45, 2.75) is 33.7 Å². The largest absolute Gasteiger partial charge is 0.398 e. The van der Waals surface area contributed by atoms with Gasteiger partial charge in [-0.25, -0.2) is 0 Å². The molecule has 1 atom stereocenters. The first kappa shape index (κ1) is 14.9. The van der Waals surface area contributed by atoms with Crippen LogP contribution in [0.25, 0.3) is 0 Å². The summed E-state index contributed by atoms with van der Waals surface area (Å²) >= 11 is 0. The highest BCUT2D eigenvalue weighted by atomic mass is 16.2. The van der Waals surface area contributed by atoms with Crippen LogP contribution in [0.4, 0.5) is 5.69 Å². The number of nitrogens with zero attached hydrogens (tertiary/aromatic N) is 2. The predicted molar refractivity (Wildman–Crippen MR) is 82.9 cm³/mol. The molecule has 0 aromatic heterocycles. The fourth-order valence-corrected chi connectivity index (χ4v) is 2.92. The minimum Gasteiger partial charge on any atom is -0.398 e. The predicted octanol–water partition coefficient (Wildman–Crippen LogP) is 2.05. The lowest BCUT2D eigenvalue weighted by Gasteiger charge is -2.39. The van der Waals surface area contributed by atoms with Crippen molar-refractivity contribution >= 4 is 11.6 Å². The van der Waals surface area contributed by atoms with Gasteiger partial charge in [-0.05, 0) is 44.5 Å². The van der Waals surface area contributed by atoms with Crippen LogP contribution in [0, 0.1) is 13.8 Å². The summed E-state index contributed by atoms with van der Waals surface area (Å²) in [4.78, 5) is 17.0. The van der Waals surface area contributed by atoms with Crippen LogP contribution in [-0.2, 0) is 0 Å². The monoisotopic (exact) mass is 275 g/mol. The SMILES string of the molecule is CCN1CCN(C(=O)c2cc(N)c(C)cc2C)CC1C. The summed E-state index contributed by atoms with van der Waals surface area (Å²) in [5, 5.41) is 0. The Balaban J connectivity index is 2.18. The molecule has 0 saturated carbocycles. The molecule has 1 amide bonds. The molecule has 1 aliphatic heterocycles. The maximum atomic E-state index is 12.7. The van der Waals surface area contributed by atoms with Gasteiger partial charge in [-0.3, -0.25) is 9.69 Å². The van der Waals surface area contributed by atoms with E-state index in [4.69, 9.17) is 5.73 Å². The second kappa shape index (κ2) is 5.83. The molecule has 0 bridgehead atoms. The zero-order valence-corrected chi connectivity index (χ0v) is 12.9. The van der Waals surface area contributed by atoms with Gasteiger partial charge in [0.25, 0.3) is 5.91 Å². The van der Waals surface area contributed by atoms with Gasteiger partial charge in [-0.2, -0.15) is 0 Å². The van der Waals surface area contributed by atoms with Gasteiger partial charge in [0.15, 0.2) is 0 Å². The van der Waals surface area contributed by atoms with Gasteiger partial charge >= 0.3 is 0 Å². The Labute approximate surface area is 121 Å². The zero-order valence-electron chi connectivity index (χ0n) is 12.9. The lowest BCUT2D eigenvalue weighted by Crippen LogP contribution is -2.53. The summed E-state index contributed by atoms with van der Waals surface area (Å²) in [5.74, 6) is 0.108. The second-order valence-electron chi connectivity index (χ2n) is 5.75. The first-order valence-electron chi connectivity index (χ1n) is 7.34. The first-order valence-corrected chi connectivity index (χ1v) is 7.34. The van der Waals surface area contributed by atoms with Crippen LogP contribution in [0.3, 0.4) is 0 Å². The third kappa shape index (κ3) is 2.80. The number of amides is 1. The number of piperazine rings is 1. The van der Waals surface area contributed by atoms with E-state index in [2.05, 4.69) is 18.7 Å². The van der Waals surface area contributed by atoms with E-state index >= 15 is 0 Å². The highest BCUT2D eigenvalue weighted by Crippen LogP contribution is 2.21. The standard InChI is InChI=1S/C16H25N3O/c1-5-18-6-7-19(10-13(18)4)16(20)14-9-15(17)12(3)8-11(14)2/h8-9,13H,5-7,10,17H2,1-4H3. The van der Waals surface area contributed by atoms with Crippen LogP contribution in [0.1, 0.15) is 35.3 Å². The van der Waals surface area contributed by atoms with Gasteiger partial charge < -0.3 is 10.6 Å². The van der Waals surface area contributed by atoms with Crippen LogP contribution in [0.15, 0.2) is 12.1 Å². The number of nitrogens with two attached hydrogens (primary N) is 1. The van der Waals surface area contributed by atoms with Crippen molar-refractivity contribution in [1.29, 1.82) is 0 Å². The molecule has 1 aliphatic rings. The number of likely N-dealkylation sites (N-methyl/N-ethyl adjacent to an activating group) is 1. The third-order valence-electron chi connectivity index (χ3n) is 4.30. The van der Waals surface area contributed by atoms with Gasteiger partial charge in [0.2, 0.25) is 0 Å². The molecule has 1 heterocycles. The molecule has 110 valence electrons. The van der Waals surface area contributed by atoms with E-state index in [0.29, 0.717) is 11.7 Å². The molecule has 0 spiro atoms. The van der Waals surface area contributed by atoms with E-state index in [-0.39, 0.29) is 5.91 Å². The molecule has 1 fully saturated rings. The molecular weight excluding hydrogens is 250 g/mol. The summed E-state index contributed by atoms with van der Waals surface area (Å²) in [5.41, 5.74) is 9.42. The molecule has 0 aliphatic carbocycles. The minimum absolute atomic E-state index is 0.108. The number of carbonyl (C=O) groups excluding carboxylic acids is 1. The fourth-order valence-electron chi connectivity index (χ4n) is 2.92. The highest BCUT2D eigenvalue weighted by Gasteiger charge is 2.27. The smallest absolute Gasteiger partial charge is 0.254 e. The van der Waals surface area contributed by atoms with Crippen LogP contribution >= 0.6 is 0 Å². The van der Waals surface area contributed by atoms with Crippen molar-refractivity contribution in [1.82, 2.24) is 9.80 Å².